The number of pyridine rings is 1. The molecule has 0 aliphatic carbocycles. The molecule has 0 spiro atoms. The lowest BCUT2D eigenvalue weighted by Crippen LogP contribution is -2.33. The number of carbonyl (C=O) groups is 1. The van der Waals surface area contributed by atoms with Crippen LogP contribution in [0.25, 0.3) is 11.3 Å². The van der Waals surface area contributed by atoms with Crippen molar-refractivity contribution in [2.45, 2.75) is 39.5 Å². The van der Waals surface area contributed by atoms with Gasteiger partial charge in [0.25, 0.3) is 0 Å². The molecule has 1 aliphatic rings. The summed E-state index contributed by atoms with van der Waals surface area (Å²) >= 11 is 0. The van der Waals surface area contributed by atoms with Gasteiger partial charge in [-0.2, -0.15) is 5.10 Å². The third kappa shape index (κ3) is 4.46. The Morgan fingerprint density at radius 1 is 1.35 bits per heavy atom. The van der Waals surface area contributed by atoms with E-state index >= 15 is 0 Å². The number of halogens is 1. The van der Waals surface area contributed by atoms with E-state index in [4.69, 9.17) is 0 Å². The number of H-pyrrole nitrogens is 1. The molecule has 1 atom stereocenters. The zero-order chi connectivity index (χ0) is 18.5. The number of aryl methyl sites for hydroxylation is 1. The molecule has 0 aromatic carbocycles. The molecule has 26 heavy (non-hydrogen) atoms. The fourth-order valence-corrected chi connectivity index (χ4v) is 3.15. The minimum atomic E-state index is -0.563. The molecular weight excluding hydrogens is 333 g/mol. The fourth-order valence-electron chi connectivity index (χ4n) is 3.15. The number of piperidine rings is 1. The molecule has 1 amide bonds. The Bertz CT molecular complexity index is 737. The van der Waals surface area contributed by atoms with E-state index in [1.807, 2.05) is 13.8 Å². The van der Waals surface area contributed by atoms with Crippen molar-refractivity contribution in [2.24, 2.45) is 5.92 Å². The summed E-state index contributed by atoms with van der Waals surface area (Å²) < 4.78 is 14.6. The molecule has 1 fully saturated rings. The molecule has 3 heterocycles. The zero-order valence-electron chi connectivity index (χ0n) is 15.4. The fraction of sp³-hybridized carbons (Fsp3) is 0.526. The lowest BCUT2D eigenvalue weighted by Gasteiger charge is -2.27. The lowest BCUT2D eigenvalue weighted by molar-refractivity contribution is -0.119. The van der Waals surface area contributed by atoms with Crippen molar-refractivity contribution in [3.05, 3.63) is 29.8 Å². The predicted octanol–water partition coefficient (Wildman–Crippen LogP) is 3.37. The van der Waals surface area contributed by atoms with Gasteiger partial charge in [0.15, 0.2) is 11.6 Å². The van der Waals surface area contributed by atoms with Crippen LogP contribution in [0.4, 0.5) is 10.2 Å². The van der Waals surface area contributed by atoms with Crippen LogP contribution in [0.3, 0.4) is 0 Å². The van der Waals surface area contributed by atoms with Crippen LogP contribution < -0.4 is 5.32 Å². The van der Waals surface area contributed by atoms with E-state index in [0.29, 0.717) is 5.56 Å². The van der Waals surface area contributed by atoms with Crippen molar-refractivity contribution in [3.63, 3.8) is 0 Å². The standard InChI is InChI=1S/C19H26FN5O/c1-13(8-11-25-9-4-3-5-10-25)19(26)22-18-16(20)17(23-24-18)15-7-6-14(2)21-12-15/h6-7,12-13H,3-5,8-11H2,1-2H3,(H2,22,23,24,26). The first-order chi connectivity index (χ1) is 12.5. The lowest BCUT2D eigenvalue weighted by atomic mass is 10.1. The van der Waals surface area contributed by atoms with E-state index < -0.39 is 5.82 Å². The summed E-state index contributed by atoms with van der Waals surface area (Å²) in [5, 5.41) is 9.17. The van der Waals surface area contributed by atoms with Crippen molar-refractivity contribution >= 4 is 11.7 Å². The van der Waals surface area contributed by atoms with E-state index in [9.17, 15) is 9.18 Å². The number of nitrogens with one attached hydrogen (secondary N) is 2. The van der Waals surface area contributed by atoms with Gasteiger partial charge in [0.2, 0.25) is 5.91 Å². The average Bonchev–Trinajstić information content (AvgIpc) is 3.01. The Kier molecular flexibility index (Phi) is 5.98. The molecule has 0 saturated carbocycles. The van der Waals surface area contributed by atoms with Crippen LogP contribution in [0, 0.1) is 18.7 Å². The second-order valence-corrected chi connectivity index (χ2v) is 7.03. The summed E-state index contributed by atoms with van der Waals surface area (Å²) in [6.45, 7) is 6.85. The highest BCUT2D eigenvalue weighted by Gasteiger charge is 2.21. The Morgan fingerprint density at radius 3 is 2.81 bits per heavy atom. The monoisotopic (exact) mass is 359 g/mol. The number of aromatic amines is 1. The van der Waals surface area contributed by atoms with Crippen LogP contribution in [0.1, 0.15) is 38.3 Å². The number of carbonyl (C=O) groups excluding carboxylic acids is 1. The Balaban J connectivity index is 1.57. The maximum absolute atomic E-state index is 14.6. The summed E-state index contributed by atoms with van der Waals surface area (Å²) in [4.78, 5) is 18.9. The van der Waals surface area contributed by atoms with E-state index in [-0.39, 0.29) is 23.3 Å². The maximum Gasteiger partial charge on any atom is 0.228 e. The van der Waals surface area contributed by atoms with Gasteiger partial charge in [0, 0.05) is 23.4 Å². The molecule has 3 rings (SSSR count). The third-order valence-corrected chi connectivity index (χ3v) is 4.92. The number of rotatable bonds is 6. The topological polar surface area (TPSA) is 73.9 Å². The predicted molar refractivity (Wildman–Crippen MR) is 99.2 cm³/mol. The van der Waals surface area contributed by atoms with Crippen LogP contribution in [-0.4, -0.2) is 45.6 Å². The normalized spacial score (nSPS) is 16.4. The number of aromatic nitrogens is 3. The second-order valence-electron chi connectivity index (χ2n) is 7.03. The van der Waals surface area contributed by atoms with E-state index in [1.54, 1.807) is 18.3 Å². The van der Waals surface area contributed by atoms with Crippen molar-refractivity contribution in [1.29, 1.82) is 0 Å². The quantitative estimate of drug-likeness (QED) is 0.829. The average molecular weight is 359 g/mol. The highest BCUT2D eigenvalue weighted by Crippen LogP contribution is 2.25. The molecule has 6 nitrogen and oxygen atoms in total. The van der Waals surface area contributed by atoms with Gasteiger partial charge in [-0.05, 0) is 58.0 Å². The first kappa shape index (κ1) is 18.5. The molecule has 0 bridgehead atoms. The largest absolute Gasteiger partial charge is 0.307 e. The van der Waals surface area contributed by atoms with Gasteiger partial charge in [-0.15, -0.1) is 0 Å². The zero-order valence-corrected chi connectivity index (χ0v) is 15.4. The molecule has 2 aromatic heterocycles. The molecule has 1 unspecified atom stereocenters. The summed E-state index contributed by atoms with van der Waals surface area (Å²) in [5.74, 6) is -1.03. The van der Waals surface area contributed by atoms with Gasteiger partial charge in [-0.1, -0.05) is 13.3 Å². The van der Waals surface area contributed by atoms with Gasteiger partial charge in [0.05, 0.1) is 0 Å². The maximum atomic E-state index is 14.6. The van der Waals surface area contributed by atoms with Crippen molar-refractivity contribution in [2.75, 3.05) is 25.0 Å². The minimum absolute atomic E-state index is 0.0598. The molecular formula is C19H26FN5O. The van der Waals surface area contributed by atoms with Crippen molar-refractivity contribution in [1.82, 2.24) is 20.1 Å². The smallest absolute Gasteiger partial charge is 0.228 e. The van der Waals surface area contributed by atoms with Gasteiger partial charge in [-0.3, -0.25) is 14.9 Å². The highest BCUT2D eigenvalue weighted by molar-refractivity contribution is 5.92. The SMILES string of the molecule is Cc1ccc(-c2[nH]nc(NC(=O)C(C)CCN3CCCCC3)c2F)cn1. The summed E-state index contributed by atoms with van der Waals surface area (Å²) in [6, 6.07) is 3.57. The number of amides is 1. The number of nitrogens with zero attached hydrogens (tertiary/aromatic N) is 3. The van der Waals surface area contributed by atoms with Gasteiger partial charge < -0.3 is 10.2 Å². The molecule has 2 aromatic rings. The highest BCUT2D eigenvalue weighted by atomic mass is 19.1. The molecule has 1 aliphatic heterocycles. The Labute approximate surface area is 153 Å². The summed E-state index contributed by atoms with van der Waals surface area (Å²) in [5.41, 5.74) is 1.68. The molecule has 1 saturated heterocycles. The van der Waals surface area contributed by atoms with Crippen molar-refractivity contribution in [3.8, 4) is 11.3 Å². The number of hydrogen-bond acceptors (Lipinski definition) is 4. The third-order valence-electron chi connectivity index (χ3n) is 4.92. The van der Waals surface area contributed by atoms with Crippen LogP contribution in [0.15, 0.2) is 18.3 Å². The number of likely N-dealkylation sites (tertiary alicyclic amines) is 1. The number of hydrogen-bond donors (Lipinski definition) is 2. The molecule has 0 radical (unpaired) electrons. The van der Waals surface area contributed by atoms with Crippen LogP contribution in [0.5, 0.6) is 0 Å². The molecule has 2 N–H and O–H groups in total. The summed E-state index contributed by atoms with van der Waals surface area (Å²) in [6.07, 6.45) is 6.10. The van der Waals surface area contributed by atoms with Crippen LogP contribution >= 0.6 is 0 Å². The van der Waals surface area contributed by atoms with Crippen LogP contribution in [0.2, 0.25) is 0 Å². The molecule has 7 heteroatoms. The van der Waals surface area contributed by atoms with Crippen molar-refractivity contribution < 1.29 is 9.18 Å². The first-order valence-corrected chi connectivity index (χ1v) is 9.24. The van der Waals surface area contributed by atoms with Gasteiger partial charge >= 0.3 is 0 Å². The molecule has 140 valence electrons. The second kappa shape index (κ2) is 8.40. The minimum Gasteiger partial charge on any atom is -0.307 e. The van der Waals surface area contributed by atoms with E-state index in [2.05, 4.69) is 25.4 Å². The van der Waals surface area contributed by atoms with Crippen LogP contribution in [-0.2, 0) is 4.79 Å². The van der Waals surface area contributed by atoms with Gasteiger partial charge in [0.1, 0.15) is 5.69 Å². The Morgan fingerprint density at radius 2 is 2.12 bits per heavy atom. The first-order valence-electron chi connectivity index (χ1n) is 9.24. The number of anilines is 1. The van der Waals surface area contributed by atoms with E-state index in [1.165, 1.54) is 19.3 Å². The van der Waals surface area contributed by atoms with E-state index in [0.717, 1.165) is 31.7 Å². The Hall–Kier alpha value is -2.28. The summed E-state index contributed by atoms with van der Waals surface area (Å²) in [7, 11) is 0. The van der Waals surface area contributed by atoms with Gasteiger partial charge in [-0.25, -0.2) is 4.39 Å².